The number of aliphatic hydroxyl groups excluding tert-OH is 1. The molecule has 0 spiro atoms. The molecule has 2 heterocycles. The van der Waals surface area contributed by atoms with Crippen LogP contribution >= 0.6 is 0 Å². The van der Waals surface area contributed by atoms with Gasteiger partial charge in [-0.2, -0.15) is 0 Å². The first-order valence-electron chi connectivity index (χ1n) is 12.3. The molecule has 2 aromatic rings. The van der Waals surface area contributed by atoms with Gasteiger partial charge in [0.25, 0.3) is 0 Å². The van der Waals surface area contributed by atoms with Crippen molar-refractivity contribution in [2.45, 2.75) is 71.6 Å². The van der Waals surface area contributed by atoms with Crippen LogP contribution in [-0.4, -0.2) is 53.7 Å². The Morgan fingerprint density at radius 2 is 1.43 bits per heavy atom. The number of nitrogens with one attached hydrogen (secondary N) is 1. The van der Waals surface area contributed by atoms with E-state index >= 15 is 0 Å². The number of hydrogen-bond acceptors (Lipinski definition) is 7. The summed E-state index contributed by atoms with van der Waals surface area (Å²) < 4.78 is 4.46. The Morgan fingerprint density at radius 3 is 1.92 bits per heavy atom. The Bertz CT molecular complexity index is 1200. The Labute approximate surface area is 218 Å². The second-order valence-electron chi connectivity index (χ2n) is 11.3. The molecule has 4 rings (SSSR count). The number of carbonyl (C=O) groups excluding carboxylic acids is 3. The van der Waals surface area contributed by atoms with Crippen LogP contribution in [0.15, 0.2) is 36.4 Å². The molecule has 9 heteroatoms. The van der Waals surface area contributed by atoms with E-state index < -0.39 is 12.1 Å². The monoisotopic (exact) mass is 510 g/mol. The maximum Gasteiger partial charge on any atom is 0.336 e. The highest BCUT2D eigenvalue weighted by Gasteiger charge is 2.36. The normalized spacial score (nSPS) is 15.6. The fourth-order valence-corrected chi connectivity index (χ4v) is 4.68. The van der Waals surface area contributed by atoms with Gasteiger partial charge in [0.2, 0.25) is 11.8 Å². The van der Waals surface area contributed by atoms with Gasteiger partial charge in [0.05, 0.1) is 26.5 Å². The largest absolute Gasteiger partial charge is 0.467 e. The molecular weight excluding hydrogens is 472 g/mol. The average Bonchev–Trinajstić information content (AvgIpc) is 3.30. The van der Waals surface area contributed by atoms with Crippen LogP contribution in [0.1, 0.15) is 52.7 Å². The molecule has 0 aliphatic carbocycles. The van der Waals surface area contributed by atoms with Crippen LogP contribution in [-0.2, 0) is 32.0 Å². The number of fused-ring (bicyclic) bond motifs is 2. The first-order chi connectivity index (χ1) is 17.1. The molecule has 1 atom stereocenters. The highest BCUT2D eigenvalue weighted by Crippen LogP contribution is 2.36. The summed E-state index contributed by atoms with van der Waals surface area (Å²) in [6, 6.07) is 11.3. The van der Waals surface area contributed by atoms with Gasteiger partial charge in [0.15, 0.2) is 6.10 Å². The Kier molecular flexibility index (Phi) is 7.88. The van der Waals surface area contributed by atoms with Gasteiger partial charge in [-0.25, -0.2) is 4.79 Å². The van der Waals surface area contributed by atoms with Gasteiger partial charge in [-0.15, -0.1) is 0 Å². The summed E-state index contributed by atoms with van der Waals surface area (Å²) in [6.45, 7) is 12.2. The maximum absolute atomic E-state index is 12.2. The third-order valence-corrected chi connectivity index (χ3v) is 6.16. The minimum atomic E-state index is -1.22. The average molecular weight is 511 g/mol. The predicted octanol–water partition coefficient (Wildman–Crippen LogP) is 3.28. The van der Waals surface area contributed by atoms with E-state index in [0.717, 1.165) is 33.9 Å². The zero-order chi connectivity index (χ0) is 27.7. The third-order valence-electron chi connectivity index (χ3n) is 6.16. The van der Waals surface area contributed by atoms with Crippen LogP contribution < -0.4 is 20.9 Å². The van der Waals surface area contributed by atoms with Crippen LogP contribution in [0.4, 0.5) is 22.7 Å². The number of methoxy groups -OCH3 is 1. The number of nitrogens with zero attached hydrogens (tertiary/aromatic N) is 2. The van der Waals surface area contributed by atoms with E-state index in [1.54, 1.807) is 4.90 Å². The number of ether oxygens (including phenoxy) is 1. The lowest BCUT2D eigenvalue weighted by Gasteiger charge is -2.32. The molecule has 200 valence electrons. The van der Waals surface area contributed by atoms with Gasteiger partial charge in [-0.3, -0.25) is 9.59 Å². The van der Waals surface area contributed by atoms with Crippen molar-refractivity contribution in [3.05, 3.63) is 47.5 Å². The van der Waals surface area contributed by atoms with Crippen molar-refractivity contribution in [1.82, 2.24) is 0 Å². The van der Waals surface area contributed by atoms with E-state index in [0.29, 0.717) is 12.8 Å². The van der Waals surface area contributed by atoms with Crippen molar-refractivity contribution in [2.75, 3.05) is 34.5 Å². The molecule has 0 radical (unpaired) electrons. The first kappa shape index (κ1) is 28.0. The molecule has 0 unspecified atom stereocenters. The number of nitrogens with two attached hydrogens (primary N) is 1. The van der Waals surface area contributed by atoms with Crippen molar-refractivity contribution < 1.29 is 24.2 Å². The fourth-order valence-electron chi connectivity index (χ4n) is 4.68. The fraction of sp³-hybridized carbons (Fsp3) is 0.464. The van der Waals surface area contributed by atoms with Crippen molar-refractivity contribution in [3.63, 3.8) is 0 Å². The van der Waals surface area contributed by atoms with Crippen LogP contribution in [0.2, 0.25) is 0 Å². The summed E-state index contributed by atoms with van der Waals surface area (Å²) in [7, 11) is 1.23. The zero-order valence-corrected chi connectivity index (χ0v) is 22.7. The lowest BCUT2D eigenvalue weighted by atomic mass is 10.1. The van der Waals surface area contributed by atoms with Crippen molar-refractivity contribution in [3.8, 4) is 0 Å². The van der Waals surface area contributed by atoms with Gasteiger partial charge in [0.1, 0.15) is 0 Å². The molecule has 0 saturated heterocycles. The molecule has 0 saturated carbocycles. The van der Waals surface area contributed by atoms with E-state index in [2.05, 4.69) is 10.1 Å². The lowest BCUT2D eigenvalue weighted by Crippen LogP contribution is -2.43. The number of nitrogen functional groups attached to an aromatic ring is 1. The predicted molar refractivity (Wildman–Crippen MR) is 146 cm³/mol. The number of amides is 2. The number of hydrogen-bond donors (Lipinski definition) is 3. The molecule has 0 bridgehead atoms. The second kappa shape index (κ2) is 10.4. The lowest BCUT2D eigenvalue weighted by molar-refractivity contribution is -0.149. The quantitative estimate of drug-likeness (QED) is 0.426. The molecule has 0 aromatic heterocycles. The van der Waals surface area contributed by atoms with Gasteiger partial charge in [0, 0.05) is 33.8 Å². The van der Waals surface area contributed by atoms with E-state index in [9.17, 15) is 19.5 Å². The topological polar surface area (TPSA) is 125 Å². The summed E-state index contributed by atoms with van der Waals surface area (Å²) in [4.78, 5) is 38.9. The van der Waals surface area contributed by atoms with E-state index in [-0.39, 0.29) is 29.4 Å². The van der Waals surface area contributed by atoms with Crippen LogP contribution in [0.3, 0.4) is 0 Å². The molecule has 2 aliphatic rings. The molecule has 0 fully saturated rings. The molecule has 9 nitrogen and oxygen atoms in total. The number of aliphatic hydroxyl groups is 1. The highest BCUT2D eigenvalue weighted by molar-refractivity contribution is 6.03. The van der Waals surface area contributed by atoms with Gasteiger partial charge >= 0.3 is 5.97 Å². The van der Waals surface area contributed by atoms with Gasteiger partial charge < -0.3 is 30.7 Å². The number of rotatable bonds is 4. The minimum absolute atomic E-state index is 0.0579. The molecule has 4 N–H and O–H groups in total. The van der Waals surface area contributed by atoms with Crippen LogP contribution in [0, 0.1) is 0 Å². The smallest absolute Gasteiger partial charge is 0.336 e. The third kappa shape index (κ3) is 6.22. The summed E-state index contributed by atoms with van der Waals surface area (Å²) in [5.74, 6) is -0.444. The van der Waals surface area contributed by atoms with E-state index in [1.807, 2.05) is 82.8 Å². The Morgan fingerprint density at radius 1 is 0.946 bits per heavy atom. The molecule has 2 amide bonds. The Hall–Kier alpha value is -3.59. The van der Waals surface area contributed by atoms with E-state index in [4.69, 9.17) is 5.73 Å². The standard InChI is InChI=1S/C16H22N2O4.C12H16N2O/c1-16(2,3)18-12-6-5-11(7-10(12)8-14(18)20)17-9-13(19)15(21)22-4;1-12(2,3)14-10-5-4-9(13)6-8(10)7-11(14)15/h5-7,13,17,19H,8-9H2,1-4H3;4-6H,7,13H2,1-3H3/t13-;/m1./s1. The van der Waals surface area contributed by atoms with Crippen molar-refractivity contribution in [1.29, 1.82) is 0 Å². The van der Waals surface area contributed by atoms with Gasteiger partial charge in [-0.1, -0.05) is 0 Å². The summed E-state index contributed by atoms with van der Waals surface area (Å²) in [6.07, 6.45) is -0.384. The zero-order valence-electron chi connectivity index (χ0n) is 22.7. The highest BCUT2D eigenvalue weighted by atomic mass is 16.5. The van der Waals surface area contributed by atoms with E-state index in [1.165, 1.54) is 7.11 Å². The SMILES string of the molecule is CC(C)(C)N1C(=O)Cc2cc(N)ccc21.COC(=O)[C@H](O)CNc1ccc2c(c1)CC(=O)N2C(C)(C)C. The van der Waals surface area contributed by atoms with Crippen LogP contribution in [0.25, 0.3) is 0 Å². The van der Waals surface area contributed by atoms with Crippen molar-refractivity contribution >= 4 is 40.5 Å². The number of anilines is 4. The number of esters is 1. The second-order valence-corrected chi connectivity index (χ2v) is 11.3. The first-order valence-corrected chi connectivity index (χ1v) is 12.3. The summed E-state index contributed by atoms with van der Waals surface area (Å²) >= 11 is 0. The molecule has 2 aliphatic heterocycles. The number of benzene rings is 2. The maximum atomic E-state index is 12.2. The van der Waals surface area contributed by atoms with Crippen LogP contribution in [0.5, 0.6) is 0 Å². The molecule has 2 aromatic carbocycles. The Balaban J connectivity index is 0.000000220. The molecular formula is C28H38N4O5. The van der Waals surface area contributed by atoms with Gasteiger partial charge in [-0.05, 0) is 89.1 Å². The molecule has 37 heavy (non-hydrogen) atoms. The number of carbonyl (C=O) groups is 3. The van der Waals surface area contributed by atoms with Crippen molar-refractivity contribution in [2.24, 2.45) is 0 Å². The summed E-state index contributed by atoms with van der Waals surface area (Å²) in [5, 5.41) is 12.5. The summed E-state index contributed by atoms with van der Waals surface area (Å²) in [5.41, 5.74) is 10.6. The minimum Gasteiger partial charge on any atom is -0.467 e.